The van der Waals surface area contributed by atoms with Gasteiger partial charge in [-0.2, -0.15) is 0 Å². The van der Waals surface area contributed by atoms with Gasteiger partial charge >= 0.3 is 0 Å². The molecule has 5 heteroatoms. The summed E-state index contributed by atoms with van der Waals surface area (Å²) in [7, 11) is 0. The number of nitrogens with zero attached hydrogens (tertiary/aromatic N) is 1. The van der Waals surface area contributed by atoms with Gasteiger partial charge in [-0.3, -0.25) is 4.79 Å². The van der Waals surface area contributed by atoms with Crippen molar-refractivity contribution in [3.63, 3.8) is 0 Å². The van der Waals surface area contributed by atoms with Gasteiger partial charge in [-0.05, 0) is 42.5 Å². The van der Waals surface area contributed by atoms with Crippen LogP contribution in [-0.2, 0) is 0 Å². The van der Waals surface area contributed by atoms with Crippen molar-refractivity contribution >= 4 is 33.2 Å². The molecule has 1 fully saturated rings. The number of thiophene rings is 1. The number of halogens is 2. The van der Waals surface area contributed by atoms with Crippen LogP contribution in [0.25, 0.3) is 0 Å². The van der Waals surface area contributed by atoms with E-state index in [1.165, 1.54) is 10.9 Å². The fourth-order valence-corrected chi connectivity index (χ4v) is 3.81. The number of benzene rings is 1. The molecule has 0 bridgehead atoms. The monoisotopic (exact) mass is 353 g/mol. The topological polar surface area (TPSA) is 20.3 Å². The molecule has 2 heterocycles. The first kappa shape index (κ1) is 13.8. The van der Waals surface area contributed by atoms with Crippen LogP contribution in [0, 0.1) is 5.82 Å². The summed E-state index contributed by atoms with van der Waals surface area (Å²) in [6.45, 7) is 0.691. The minimum Gasteiger partial charge on any atom is -0.331 e. The fourth-order valence-electron chi connectivity index (χ4n) is 2.60. The number of carbonyl (C=O) groups excluding carboxylic acids is 1. The Balaban J connectivity index is 1.89. The van der Waals surface area contributed by atoms with E-state index in [-0.39, 0.29) is 17.5 Å². The SMILES string of the molecule is O=C(c1ccc(Br)cc1F)N1CCCC1c1cccs1. The third-order valence-electron chi connectivity index (χ3n) is 3.55. The number of rotatable bonds is 2. The predicted molar refractivity (Wildman–Crippen MR) is 81.4 cm³/mol. The quantitative estimate of drug-likeness (QED) is 0.770. The van der Waals surface area contributed by atoms with Gasteiger partial charge in [0.1, 0.15) is 5.82 Å². The molecule has 0 N–H and O–H groups in total. The highest BCUT2D eigenvalue weighted by atomic mass is 79.9. The van der Waals surface area contributed by atoms with E-state index < -0.39 is 5.82 Å². The van der Waals surface area contributed by atoms with Crippen molar-refractivity contribution in [3.05, 3.63) is 56.4 Å². The highest BCUT2D eigenvalue weighted by Crippen LogP contribution is 2.35. The molecule has 0 aliphatic carbocycles. The number of amides is 1. The zero-order chi connectivity index (χ0) is 14.1. The molecule has 1 aliphatic heterocycles. The third kappa shape index (κ3) is 2.52. The Labute approximate surface area is 129 Å². The second-order valence-corrected chi connectivity index (χ2v) is 6.69. The lowest BCUT2D eigenvalue weighted by Gasteiger charge is -2.24. The lowest BCUT2D eigenvalue weighted by Crippen LogP contribution is -2.30. The summed E-state index contributed by atoms with van der Waals surface area (Å²) in [6.07, 6.45) is 1.91. The smallest absolute Gasteiger partial charge is 0.257 e. The maximum Gasteiger partial charge on any atom is 0.257 e. The van der Waals surface area contributed by atoms with Crippen LogP contribution in [0.2, 0.25) is 0 Å². The van der Waals surface area contributed by atoms with Crippen LogP contribution in [0.5, 0.6) is 0 Å². The van der Waals surface area contributed by atoms with Gasteiger partial charge in [-0.15, -0.1) is 11.3 Å². The van der Waals surface area contributed by atoms with Gasteiger partial charge in [0, 0.05) is 15.9 Å². The number of likely N-dealkylation sites (tertiary alicyclic amines) is 1. The molecule has 104 valence electrons. The van der Waals surface area contributed by atoms with E-state index in [0.717, 1.165) is 12.8 Å². The van der Waals surface area contributed by atoms with E-state index in [1.54, 1.807) is 28.4 Å². The predicted octanol–water partition coefficient (Wildman–Crippen LogP) is 4.63. The first-order valence-electron chi connectivity index (χ1n) is 6.46. The summed E-state index contributed by atoms with van der Waals surface area (Å²) in [5.41, 5.74) is 0.150. The van der Waals surface area contributed by atoms with Crippen molar-refractivity contribution in [2.45, 2.75) is 18.9 Å². The Hall–Kier alpha value is -1.20. The molecule has 2 aromatic rings. The van der Waals surface area contributed by atoms with E-state index in [2.05, 4.69) is 15.9 Å². The third-order valence-corrected chi connectivity index (χ3v) is 5.01. The molecule has 1 aromatic heterocycles. The van der Waals surface area contributed by atoms with Gasteiger partial charge < -0.3 is 4.90 Å². The van der Waals surface area contributed by atoms with Gasteiger partial charge in [-0.25, -0.2) is 4.39 Å². The molecule has 1 saturated heterocycles. The Morgan fingerprint density at radius 3 is 2.95 bits per heavy atom. The van der Waals surface area contributed by atoms with Gasteiger partial charge in [0.2, 0.25) is 0 Å². The summed E-state index contributed by atoms with van der Waals surface area (Å²) in [5.74, 6) is -0.688. The summed E-state index contributed by atoms with van der Waals surface area (Å²) in [5, 5.41) is 2.01. The Kier molecular flexibility index (Phi) is 3.89. The maximum absolute atomic E-state index is 13.9. The van der Waals surface area contributed by atoms with Crippen LogP contribution >= 0.6 is 27.3 Å². The average molecular weight is 354 g/mol. The minimum absolute atomic E-state index is 0.0885. The maximum atomic E-state index is 13.9. The molecule has 3 rings (SSSR count). The molecular formula is C15H13BrFNOS. The summed E-state index contributed by atoms with van der Waals surface area (Å²) in [6, 6.07) is 8.70. The molecule has 1 unspecified atom stereocenters. The standard InChI is InChI=1S/C15H13BrFNOS/c16-10-5-6-11(12(17)9-10)15(19)18-7-1-3-13(18)14-4-2-8-20-14/h2,4-6,8-9,13H,1,3,7H2. The van der Waals surface area contributed by atoms with Gasteiger partial charge in [0.05, 0.1) is 11.6 Å². The first-order valence-corrected chi connectivity index (χ1v) is 8.13. The van der Waals surface area contributed by atoms with Crippen molar-refractivity contribution in [1.29, 1.82) is 0 Å². The highest BCUT2D eigenvalue weighted by Gasteiger charge is 2.32. The van der Waals surface area contributed by atoms with Crippen molar-refractivity contribution in [2.75, 3.05) is 6.54 Å². The van der Waals surface area contributed by atoms with Crippen molar-refractivity contribution in [2.24, 2.45) is 0 Å². The Morgan fingerprint density at radius 1 is 1.40 bits per heavy atom. The molecular weight excluding hydrogens is 341 g/mol. The average Bonchev–Trinajstić information content (AvgIpc) is 3.09. The molecule has 1 aromatic carbocycles. The van der Waals surface area contributed by atoms with Crippen LogP contribution < -0.4 is 0 Å². The van der Waals surface area contributed by atoms with Crippen LogP contribution in [0.4, 0.5) is 4.39 Å². The second-order valence-electron chi connectivity index (χ2n) is 4.80. The van der Waals surface area contributed by atoms with Crippen molar-refractivity contribution in [1.82, 2.24) is 4.90 Å². The minimum atomic E-state index is -0.471. The highest BCUT2D eigenvalue weighted by molar-refractivity contribution is 9.10. The Morgan fingerprint density at radius 2 is 2.25 bits per heavy atom. The molecule has 0 saturated carbocycles. The lowest BCUT2D eigenvalue weighted by molar-refractivity contribution is 0.0733. The normalized spacial score (nSPS) is 18.5. The van der Waals surface area contributed by atoms with Crippen molar-refractivity contribution in [3.8, 4) is 0 Å². The van der Waals surface area contributed by atoms with E-state index >= 15 is 0 Å². The van der Waals surface area contributed by atoms with E-state index in [4.69, 9.17) is 0 Å². The first-order chi connectivity index (χ1) is 9.66. The van der Waals surface area contributed by atoms with Crippen molar-refractivity contribution < 1.29 is 9.18 Å². The molecule has 0 radical (unpaired) electrons. The fraction of sp³-hybridized carbons (Fsp3) is 0.267. The Bertz CT molecular complexity index is 629. The van der Waals surface area contributed by atoms with Crippen LogP contribution in [0.3, 0.4) is 0 Å². The van der Waals surface area contributed by atoms with Crippen LogP contribution in [0.1, 0.15) is 34.1 Å². The molecule has 2 nitrogen and oxygen atoms in total. The molecule has 20 heavy (non-hydrogen) atoms. The number of hydrogen-bond acceptors (Lipinski definition) is 2. The summed E-state index contributed by atoms with van der Waals surface area (Å²) >= 11 is 4.86. The zero-order valence-corrected chi connectivity index (χ0v) is 13.1. The second kappa shape index (κ2) is 5.66. The molecule has 1 atom stereocenters. The molecule has 0 spiro atoms. The lowest BCUT2D eigenvalue weighted by atomic mass is 10.1. The van der Waals surface area contributed by atoms with Crippen LogP contribution in [0.15, 0.2) is 40.2 Å². The number of hydrogen-bond donors (Lipinski definition) is 0. The summed E-state index contributed by atoms with van der Waals surface area (Å²) in [4.78, 5) is 15.5. The van der Waals surface area contributed by atoms with Gasteiger partial charge in [-0.1, -0.05) is 22.0 Å². The summed E-state index contributed by atoms with van der Waals surface area (Å²) < 4.78 is 14.6. The van der Waals surface area contributed by atoms with E-state index in [9.17, 15) is 9.18 Å². The zero-order valence-electron chi connectivity index (χ0n) is 10.7. The largest absolute Gasteiger partial charge is 0.331 e. The van der Waals surface area contributed by atoms with Gasteiger partial charge in [0.15, 0.2) is 0 Å². The van der Waals surface area contributed by atoms with Crippen LogP contribution in [-0.4, -0.2) is 17.4 Å². The van der Waals surface area contributed by atoms with E-state index in [0.29, 0.717) is 11.0 Å². The number of carbonyl (C=O) groups is 1. The molecule has 1 amide bonds. The van der Waals surface area contributed by atoms with E-state index in [1.807, 2.05) is 17.5 Å². The van der Waals surface area contributed by atoms with Gasteiger partial charge in [0.25, 0.3) is 5.91 Å². The molecule has 1 aliphatic rings.